The quantitative estimate of drug-likeness (QED) is 0.378. The van der Waals surface area contributed by atoms with Crippen molar-refractivity contribution in [1.82, 2.24) is 10.6 Å². The number of hydrogen-bond donors (Lipinski definition) is 2. The fraction of sp³-hybridized carbons (Fsp3) is 0.375. The number of anilines is 1. The van der Waals surface area contributed by atoms with Gasteiger partial charge in [0.2, 0.25) is 0 Å². The number of nitrogens with zero attached hydrogens (tertiary/aromatic N) is 2. The van der Waals surface area contributed by atoms with Crippen LogP contribution in [0.4, 0.5) is 5.69 Å². The SMILES string of the molecule is C=CCOc1ccccc1CNC(=NC)NCC1CCN(c2ccccc2OC)C1. The second-order valence-corrected chi connectivity index (χ2v) is 7.29. The molecule has 6 nitrogen and oxygen atoms in total. The lowest BCUT2D eigenvalue weighted by atomic mass is 10.1. The molecule has 0 spiro atoms. The average Bonchev–Trinajstić information content (AvgIpc) is 3.27. The van der Waals surface area contributed by atoms with Crippen molar-refractivity contribution in [2.24, 2.45) is 10.9 Å². The molecule has 1 atom stereocenters. The summed E-state index contributed by atoms with van der Waals surface area (Å²) in [6, 6.07) is 16.2. The Labute approximate surface area is 179 Å². The molecule has 1 heterocycles. The van der Waals surface area contributed by atoms with Crippen molar-refractivity contribution < 1.29 is 9.47 Å². The highest BCUT2D eigenvalue weighted by molar-refractivity contribution is 5.79. The van der Waals surface area contributed by atoms with Gasteiger partial charge in [0.15, 0.2) is 5.96 Å². The summed E-state index contributed by atoms with van der Waals surface area (Å²) >= 11 is 0. The smallest absolute Gasteiger partial charge is 0.191 e. The molecule has 0 amide bonds. The number of aliphatic imine (C=N–C) groups is 1. The molecule has 0 radical (unpaired) electrons. The predicted octanol–water partition coefficient (Wildman–Crippen LogP) is 3.45. The minimum absolute atomic E-state index is 0.494. The standard InChI is InChI=1S/C24H32N4O2/c1-4-15-30-22-11-7-5-9-20(22)17-27-24(25-2)26-16-19-13-14-28(18-19)21-10-6-8-12-23(21)29-3/h4-12,19H,1,13-18H2,2-3H3,(H2,25,26,27). The maximum Gasteiger partial charge on any atom is 0.191 e. The van der Waals surface area contributed by atoms with E-state index >= 15 is 0 Å². The van der Waals surface area contributed by atoms with Crippen LogP contribution < -0.4 is 25.0 Å². The highest BCUT2D eigenvalue weighted by Crippen LogP contribution is 2.31. The molecule has 2 aromatic rings. The molecule has 160 valence electrons. The first-order valence-electron chi connectivity index (χ1n) is 10.4. The number of rotatable bonds is 9. The number of benzene rings is 2. The van der Waals surface area contributed by atoms with Crippen molar-refractivity contribution in [2.45, 2.75) is 13.0 Å². The third kappa shape index (κ3) is 5.69. The van der Waals surface area contributed by atoms with Crippen LogP contribution in [0.25, 0.3) is 0 Å². The van der Waals surface area contributed by atoms with Crippen molar-refractivity contribution in [3.63, 3.8) is 0 Å². The number of nitrogens with one attached hydrogen (secondary N) is 2. The molecule has 1 saturated heterocycles. The van der Waals surface area contributed by atoms with Crippen LogP contribution in [-0.2, 0) is 6.54 Å². The lowest BCUT2D eigenvalue weighted by molar-refractivity contribution is 0.358. The van der Waals surface area contributed by atoms with Gasteiger partial charge in [0.25, 0.3) is 0 Å². The molecule has 0 saturated carbocycles. The largest absolute Gasteiger partial charge is 0.495 e. The van der Waals surface area contributed by atoms with E-state index < -0.39 is 0 Å². The molecule has 1 fully saturated rings. The third-order valence-electron chi connectivity index (χ3n) is 5.27. The monoisotopic (exact) mass is 408 g/mol. The number of hydrogen-bond acceptors (Lipinski definition) is 4. The van der Waals surface area contributed by atoms with Crippen LogP contribution in [0.15, 0.2) is 66.2 Å². The summed E-state index contributed by atoms with van der Waals surface area (Å²) in [4.78, 5) is 6.76. The van der Waals surface area contributed by atoms with Crippen molar-refractivity contribution in [3.05, 3.63) is 66.7 Å². The molecule has 0 bridgehead atoms. The second-order valence-electron chi connectivity index (χ2n) is 7.29. The van der Waals surface area contributed by atoms with E-state index in [1.165, 1.54) is 5.69 Å². The van der Waals surface area contributed by atoms with Crippen LogP contribution in [0.3, 0.4) is 0 Å². The lowest BCUT2D eigenvalue weighted by Gasteiger charge is -2.21. The third-order valence-corrected chi connectivity index (χ3v) is 5.27. The molecule has 1 unspecified atom stereocenters. The van der Waals surface area contributed by atoms with Gasteiger partial charge in [-0.3, -0.25) is 4.99 Å². The summed E-state index contributed by atoms with van der Waals surface area (Å²) < 4.78 is 11.2. The van der Waals surface area contributed by atoms with Crippen molar-refractivity contribution in [3.8, 4) is 11.5 Å². The molecule has 1 aliphatic rings. The van der Waals surface area contributed by atoms with E-state index in [0.29, 0.717) is 19.1 Å². The summed E-state index contributed by atoms with van der Waals surface area (Å²) in [6.45, 7) is 7.76. The van der Waals surface area contributed by atoms with E-state index in [2.05, 4.69) is 45.3 Å². The Morgan fingerprint density at radius 1 is 1.17 bits per heavy atom. The van der Waals surface area contributed by atoms with Crippen LogP contribution in [0.1, 0.15) is 12.0 Å². The highest BCUT2D eigenvalue weighted by atomic mass is 16.5. The second kappa shape index (κ2) is 11.1. The molecule has 0 aliphatic carbocycles. The Bertz CT molecular complexity index is 853. The fourth-order valence-corrected chi connectivity index (χ4v) is 3.69. The minimum atomic E-state index is 0.494. The summed E-state index contributed by atoms with van der Waals surface area (Å²) in [5.74, 6) is 3.14. The topological polar surface area (TPSA) is 58.1 Å². The van der Waals surface area contributed by atoms with Crippen LogP contribution in [0.5, 0.6) is 11.5 Å². The lowest BCUT2D eigenvalue weighted by Crippen LogP contribution is -2.40. The zero-order chi connectivity index (χ0) is 21.2. The molecule has 6 heteroatoms. The van der Waals surface area contributed by atoms with Gasteiger partial charge in [0, 0.05) is 38.8 Å². The Morgan fingerprint density at radius 2 is 1.93 bits per heavy atom. The molecule has 2 N–H and O–H groups in total. The molecule has 2 aromatic carbocycles. The predicted molar refractivity (Wildman–Crippen MR) is 124 cm³/mol. The van der Waals surface area contributed by atoms with Gasteiger partial charge in [0.1, 0.15) is 18.1 Å². The van der Waals surface area contributed by atoms with Crippen LogP contribution in [0, 0.1) is 5.92 Å². The number of methoxy groups -OCH3 is 1. The molecule has 1 aliphatic heterocycles. The van der Waals surface area contributed by atoms with Gasteiger partial charge >= 0.3 is 0 Å². The summed E-state index contributed by atoms with van der Waals surface area (Å²) in [5, 5.41) is 6.86. The first-order chi connectivity index (χ1) is 14.7. The van der Waals surface area contributed by atoms with Gasteiger partial charge in [-0.05, 0) is 30.5 Å². The molecule has 0 aromatic heterocycles. The Hall–Kier alpha value is -3.15. The first-order valence-corrected chi connectivity index (χ1v) is 10.4. The van der Waals surface area contributed by atoms with Crippen LogP contribution in [-0.4, -0.2) is 46.4 Å². The maximum atomic E-state index is 5.73. The van der Waals surface area contributed by atoms with Gasteiger partial charge < -0.3 is 25.0 Å². The Kier molecular flexibility index (Phi) is 8.01. The fourth-order valence-electron chi connectivity index (χ4n) is 3.69. The number of para-hydroxylation sites is 3. The minimum Gasteiger partial charge on any atom is -0.495 e. The van der Waals surface area contributed by atoms with E-state index in [1.54, 1.807) is 20.2 Å². The molecular formula is C24H32N4O2. The van der Waals surface area contributed by atoms with Crippen LogP contribution in [0.2, 0.25) is 0 Å². The zero-order valence-corrected chi connectivity index (χ0v) is 17.9. The number of guanidine groups is 1. The summed E-state index contributed by atoms with van der Waals surface area (Å²) in [5.41, 5.74) is 2.26. The van der Waals surface area contributed by atoms with Crippen molar-refractivity contribution in [1.29, 1.82) is 0 Å². The highest BCUT2D eigenvalue weighted by Gasteiger charge is 2.24. The average molecular weight is 409 g/mol. The number of ether oxygens (including phenoxy) is 2. The normalized spacial score (nSPS) is 16.3. The van der Waals surface area contributed by atoms with E-state index in [0.717, 1.165) is 49.1 Å². The first kappa shape index (κ1) is 21.6. The van der Waals surface area contributed by atoms with Gasteiger partial charge in [-0.15, -0.1) is 0 Å². The summed E-state index contributed by atoms with van der Waals surface area (Å²) in [6.07, 6.45) is 2.89. The molecular weight excluding hydrogens is 376 g/mol. The van der Waals surface area contributed by atoms with E-state index in [4.69, 9.17) is 9.47 Å². The van der Waals surface area contributed by atoms with Crippen molar-refractivity contribution in [2.75, 3.05) is 45.3 Å². The molecule has 30 heavy (non-hydrogen) atoms. The van der Waals surface area contributed by atoms with Crippen LogP contribution >= 0.6 is 0 Å². The maximum absolute atomic E-state index is 5.73. The van der Waals surface area contributed by atoms with E-state index in [9.17, 15) is 0 Å². The zero-order valence-electron chi connectivity index (χ0n) is 17.9. The summed E-state index contributed by atoms with van der Waals surface area (Å²) in [7, 11) is 3.52. The van der Waals surface area contributed by atoms with Crippen molar-refractivity contribution >= 4 is 11.6 Å². The Balaban J connectivity index is 1.49. The van der Waals surface area contributed by atoms with Gasteiger partial charge in [0.05, 0.1) is 12.8 Å². The molecule has 3 rings (SSSR count). The van der Waals surface area contributed by atoms with Gasteiger partial charge in [-0.2, -0.15) is 0 Å². The van der Waals surface area contributed by atoms with Gasteiger partial charge in [-0.1, -0.05) is 43.0 Å². The Morgan fingerprint density at radius 3 is 2.70 bits per heavy atom. The van der Waals surface area contributed by atoms with Gasteiger partial charge in [-0.25, -0.2) is 0 Å². The van der Waals surface area contributed by atoms with E-state index in [-0.39, 0.29) is 0 Å². The van der Waals surface area contributed by atoms with E-state index in [1.807, 2.05) is 30.3 Å².